The van der Waals surface area contributed by atoms with E-state index in [4.69, 9.17) is 4.74 Å². The summed E-state index contributed by atoms with van der Waals surface area (Å²) in [6.07, 6.45) is 3.90. The predicted molar refractivity (Wildman–Crippen MR) is 84.6 cm³/mol. The molecule has 5 heteroatoms. The molecule has 0 aliphatic heterocycles. The highest BCUT2D eigenvalue weighted by Crippen LogP contribution is 2.23. The summed E-state index contributed by atoms with van der Waals surface area (Å²) in [7, 11) is 0. The molecule has 3 atom stereocenters. The molecule has 1 aromatic rings. The van der Waals surface area contributed by atoms with E-state index in [1.165, 1.54) is 6.42 Å². The molecular formula is C17H24N2O3. The standard InChI is InChI=1S/C17H24N2O3/c1-12-8-6-7-11-15(12)19-16(20)13(2)18-17(21)22-14-9-4-3-5-10-14/h3-5,9-10,12-13,15H,6-8,11H2,1-2H3,(H,18,21)(H,19,20)/t12-,13-,15-/m0/s1. The van der Waals surface area contributed by atoms with E-state index in [-0.39, 0.29) is 11.9 Å². The molecule has 1 aliphatic carbocycles. The monoisotopic (exact) mass is 304 g/mol. The normalized spacial score (nSPS) is 22.5. The van der Waals surface area contributed by atoms with Crippen LogP contribution in [0.2, 0.25) is 0 Å². The zero-order chi connectivity index (χ0) is 15.9. The molecule has 2 rings (SSSR count). The van der Waals surface area contributed by atoms with Gasteiger partial charge in [-0.1, -0.05) is 38.0 Å². The van der Waals surface area contributed by atoms with Crippen LogP contribution in [-0.4, -0.2) is 24.1 Å². The number of ether oxygens (including phenoxy) is 1. The van der Waals surface area contributed by atoms with Crippen molar-refractivity contribution in [2.24, 2.45) is 5.92 Å². The first-order valence-corrected chi connectivity index (χ1v) is 7.90. The second-order valence-corrected chi connectivity index (χ2v) is 5.95. The third-order valence-electron chi connectivity index (χ3n) is 4.12. The molecule has 0 aromatic heterocycles. The zero-order valence-electron chi connectivity index (χ0n) is 13.2. The quantitative estimate of drug-likeness (QED) is 0.899. The Morgan fingerprint density at radius 2 is 1.86 bits per heavy atom. The number of para-hydroxylation sites is 1. The van der Waals surface area contributed by atoms with Crippen LogP contribution in [0.5, 0.6) is 5.75 Å². The van der Waals surface area contributed by atoms with Crippen LogP contribution >= 0.6 is 0 Å². The highest BCUT2D eigenvalue weighted by Gasteiger charge is 2.25. The van der Waals surface area contributed by atoms with Crippen LogP contribution in [0.4, 0.5) is 4.79 Å². The Labute approximate surface area is 131 Å². The highest BCUT2D eigenvalue weighted by molar-refractivity contribution is 5.85. The summed E-state index contributed by atoms with van der Waals surface area (Å²) in [5.74, 6) is 0.776. The highest BCUT2D eigenvalue weighted by atomic mass is 16.6. The molecule has 1 aromatic carbocycles. The SMILES string of the molecule is C[C@H](NC(=O)Oc1ccccc1)C(=O)N[C@H]1CCCC[C@@H]1C. The summed E-state index contributed by atoms with van der Waals surface area (Å²) < 4.78 is 5.12. The van der Waals surface area contributed by atoms with Crippen LogP contribution in [0.15, 0.2) is 30.3 Å². The van der Waals surface area contributed by atoms with Crippen molar-refractivity contribution >= 4 is 12.0 Å². The summed E-state index contributed by atoms with van der Waals surface area (Å²) in [6, 6.07) is 8.36. The maximum absolute atomic E-state index is 12.2. The minimum absolute atomic E-state index is 0.163. The van der Waals surface area contributed by atoms with Crippen LogP contribution < -0.4 is 15.4 Å². The van der Waals surface area contributed by atoms with Crippen molar-refractivity contribution in [3.05, 3.63) is 30.3 Å². The number of hydrogen-bond donors (Lipinski definition) is 2. The van der Waals surface area contributed by atoms with Gasteiger partial charge in [0.2, 0.25) is 5.91 Å². The summed E-state index contributed by atoms with van der Waals surface area (Å²) >= 11 is 0. The first kappa shape index (κ1) is 16.3. The molecule has 1 saturated carbocycles. The van der Waals surface area contributed by atoms with Crippen molar-refractivity contribution in [3.8, 4) is 5.75 Å². The number of benzene rings is 1. The van der Waals surface area contributed by atoms with Gasteiger partial charge in [0.05, 0.1) is 0 Å². The predicted octanol–water partition coefficient (Wildman–Crippen LogP) is 2.86. The summed E-state index contributed by atoms with van der Waals surface area (Å²) in [5, 5.41) is 5.59. The summed E-state index contributed by atoms with van der Waals surface area (Å²) in [4.78, 5) is 23.9. The number of amides is 2. The lowest BCUT2D eigenvalue weighted by Gasteiger charge is -2.30. The fraction of sp³-hybridized carbons (Fsp3) is 0.529. The van der Waals surface area contributed by atoms with E-state index in [0.29, 0.717) is 11.7 Å². The molecule has 2 N–H and O–H groups in total. The molecule has 2 amide bonds. The zero-order valence-corrected chi connectivity index (χ0v) is 13.2. The molecule has 0 spiro atoms. The molecule has 0 heterocycles. The van der Waals surface area contributed by atoms with Crippen molar-refractivity contribution in [3.63, 3.8) is 0 Å². The molecular weight excluding hydrogens is 280 g/mol. The van der Waals surface area contributed by atoms with E-state index < -0.39 is 12.1 Å². The molecule has 0 radical (unpaired) electrons. The first-order valence-electron chi connectivity index (χ1n) is 7.90. The Kier molecular flexibility index (Phi) is 5.81. The minimum atomic E-state index is -0.620. The van der Waals surface area contributed by atoms with Crippen molar-refractivity contribution in [1.82, 2.24) is 10.6 Å². The average molecular weight is 304 g/mol. The summed E-state index contributed by atoms with van der Waals surface area (Å²) in [6.45, 7) is 3.82. The number of carbonyl (C=O) groups is 2. The fourth-order valence-corrected chi connectivity index (χ4v) is 2.71. The van der Waals surface area contributed by atoms with Crippen LogP contribution in [0, 0.1) is 5.92 Å². The molecule has 120 valence electrons. The van der Waals surface area contributed by atoms with Crippen molar-refractivity contribution in [2.75, 3.05) is 0 Å². The van der Waals surface area contributed by atoms with E-state index in [2.05, 4.69) is 17.6 Å². The van der Waals surface area contributed by atoms with E-state index in [1.807, 2.05) is 6.07 Å². The van der Waals surface area contributed by atoms with Gasteiger partial charge in [0, 0.05) is 6.04 Å². The molecule has 0 unspecified atom stereocenters. The van der Waals surface area contributed by atoms with Crippen molar-refractivity contribution in [2.45, 2.75) is 51.6 Å². The smallest absolute Gasteiger partial charge is 0.410 e. The van der Waals surface area contributed by atoms with Crippen molar-refractivity contribution < 1.29 is 14.3 Å². The molecule has 5 nitrogen and oxygen atoms in total. The van der Waals surface area contributed by atoms with Gasteiger partial charge >= 0.3 is 6.09 Å². The van der Waals surface area contributed by atoms with Gasteiger partial charge in [0.25, 0.3) is 0 Å². The Morgan fingerprint density at radius 3 is 2.55 bits per heavy atom. The van der Waals surface area contributed by atoms with Gasteiger partial charge in [0.15, 0.2) is 0 Å². The molecule has 0 saturated heterocycles. The maximum Gasteiger partial charge on any atom is 0.413 e. The second-order valence-electron chi connectivity index (χ2n) is 5.95. The van der Waals surface area contributed by atoms with E-state index in [0.717, 1.165) is 19.3 Å². The van der Waals surface area contributed by atoms with Gasteiger partial charge in [-0.15, -0.1) is 0 Å². The van der Waals surface area contributed by atoms with Gasteiger partial charge in [-0.05, 0) is 37.8 Å². The lowest BCUT2D eigenvalue weighted by atomic mass is 9.86. The number of carbonyl (C=O) groups excluding carboxylic acids is 2. The van der Waals surface area contributed by atoms with Crippen LogP contribution in [0.3, 0.4) is 0 Å². The van der Waals surface area contributed by atoms with Gasteiger partial charge in [-0.2, -0.15) is 0 Å². The second kappa shape index (κ2) is 7.82. The van der Waals surface area contributed by atoms with E-state index >= 15 is 0 Å². The minimum Gasteiger partial charge on any atom is -0.410 e. The third-order valence-corrected chi connectivity index (χ3v) is 4.12. The third kappa shape index (κ3) is 4.76. The van der Waals surface area contributed by atoms with Gasteiger partial charge in [-0.3, -0.25) is 4.79 Å². The lowest BCUT2D eigenvalue weighted by Crippen LogP contribution is -2.50. The van der Waals surface area contributed by atoms with Gasteiger partial charge < -0.3 is 15.4 Å². The van der Waals surface area contributed by atoms with Gasteiger partial charge in [-0.25, -0.2) is 4.79 Å². The van der Waals surface area contributed by atoms with E-state index in [1.54, 1.807) is 31.2 Å². The van der Waals surface area contributed by atoms with Crippen LogP contribution in [0.1, 0.15) is 39.5 Å². The lowest BCUT2D eigenvalue weighted by molar-refractivity contribution is -0.123. The molecule has 0 bridgehead atoms. The van der Waals surface area contributed by atoms with Crippen molar-refractivity contribution in [1.29, 1.82) is 0 Å². The maximum atomic E-state index is 12.2. The molecule has 1 fully saturated rings. The summed E-state index contributed by atoms with van der Waals surface area (Å²) in [5.41, 5.74) is 0. The number of nitrogens with one attached hydrogen (secondary N) is 2. The first-order chi connectivity index (χ1) is 10.6. The molecule has 22 heavy (non-hydrogen) atoms. The number of rotatable bonds is 4. The Balaban J connectivity index is 1.79. The number of hydrogen-bond acceptors (Lipinski definition) is 3. The molecule has 1 aliphatic rings. The van der Waals surface area contributed by atoms with Crippen LogP contribution in [0.25, 0.3) is 0 Å². The topological polar surface area (TPSA) is 67.4 Å². The Bertz CT molecular complexity index is 504. The van der Waals surface area contributed by atoms with Gasteiger partial charge in [0.1, 0.15) is 11.8 Å². The van der Waals surface area contributed by atoms with E-state index in [9.17, 15) is 9.59 Å². The fourth-order valence-electron chi connectivity index (χ4n) is 2.71. The largest absolute Gasteiger partial charge is 0.413 e. The average Bonchev–Trinajstić information content (AvgIpc) is 2.50. The Hall–Kier alpha value is -2.04. The van der Waals surface area contributed by atoms with Crippen LogP contribution in [-0.2, 0) is 4.79 Å². The Morgan fingerprint density at radius 1 is 1.18 bits per heavy atom.